The van der Waals surface area contributed by atoms with Crippen LogP contribution in [-0.2, 0) is 23.4 Å². The van der Waals surface area contributed by atoms with E-state index < -0.39 is 0 Å². The number of nitrogens with zero attached hydrogens (tertiary/aromatic N) is 4. The van der Waals surface area contributed by atoms with Crippen molar-refractivity contribution in [3.8, 4) is 0 Å². The highest BCUT2D eigenvalue weighted by Crippen LogP contribution is 2.41. The maximum Gasteiger partial charge on any atom is 0.230 e. The van der Waals surface area contributed by atoms with Crippen LogP contribution >= 0.6 is 34.4 Å². The number of thiophene rings is 1. The van der Waals surface area contributed by atoms with Crippen LogP contribution in [0.1, 0.15) is 46.2 Å². The quantitative estimate of drug-likeness (QED) is 0.240. The van der Waals surface area contributed by atoms with Gasteiger partial charge in [0.25, 0.3) is 0 Å². The molecule has 0 fully saturated rings. The van der Waals surface area contributed by atoms with Gasteiger partial charge in [-0.3, -0.25) is 9.69 Å². The minimum Gasteiger partial charge on any atom is -0.274 e. The normalized spacial score (nSPS) is 13.0. The molecule has 0 unspecified atom stereocenters. The number of hydrogen-bond acceptors (Lipinski definition) is 7. The Morgan fingerprint density at radius 1 is 1.16 bits per heavy atom. The molecule has 0 spiro atoms. The van der Waals surface area contributed by atoms with Crippen LogP contribution in [0, 0.1) is 20.8 Å². The first-order valence-electron chi connectivity index (χ1n) is 10.6. The van der Waals surface area contributed by atoms with Gasteiger partial charge in [0.1, 0.15) is 16.2 Å². The first-order valence-corrected chi connectivity index (χ1v) is 13.3. The predicted octanol–water partition coefficient (Wildman–Crippen LogP) is 6.54. The Morgan fingerprint density at radius 2 is 1.94 bits per heavy atom. The van der Waals surface area contributed by atoms with Crippen molar-refractivity contribution in [3.05, 3.63) is 56.7 Å². The van der Waals surface area contributed by atoms with E-state index in [1.807, 2.05) is 16.7 Å². The summed E-state index contributed by atoms with van der Waals surface area (Å²) < 4.78 is 0. The molecule has 1 aromatic carbocycles. The maximum absolute atomic E-state index is 12.6. The fourth-order valence-corrected chi connectivity index (χ4v) is 7.72. The van der Waals surface area contributed by atoms with Crippen molar-refractivity contribution in [1.82, 2.24) is 15.0 Å². The Labute approximate surface area is 199 Å². The maximum atomic E-state index is 12.6. The Balaban J connectivity index is 1.42. The highest BCUT2D eigenvalue weighted by molar-refractivity contribution is 7.98. The van der Waals surface area contributed by atoms with Crippen molar-refractivity contribution in [2.45, 2.75) is 57.7 Å². The Hall–Kier alpha value is -2.29. The molecule has 3 aromatic heterocycles. The molecule has 8 heteroatoms. The van der Waals surface area contributed by atoms with Crippen LogP contribution < -0.4 is 4.90 Å². The summed E-state index contributed by atoms with van der Waals surface area (Å²) in [5.41, 5.74) is 6.70. The van der Waals surface area contributed by atoms with Gasteiger partial charge in [0.2, 0.25) is 5.91 Å². The standard InChI is InChI=1S/C24H24N4OS3/c1-13-8-14(2)21(15(3)9-13)28(16(4)29)24-27-17(11-31-24)10-30-22-20-18-6-5-7-19(18)32-23(20)26-12-25-22/h8-9,11-12H,5-7,10H2,1-4H3. The van der Waals surface area contributed by atoms with Gasteiger partial charge < -0.3 is 0 Å². The first-order chi connectivity index (χ1) is 15.4. The number of thiazole rings is 1. The molecule has 1 aliphatic carbocycles. The fourth-order valence-electron chi connectivity index (χ4n) is 4.53. The number of rotatable bonds is 5. The zero-order chi connectivity index (χ0) is 22.4. The molecule has 0 radical (unpaired) electrons. The van der Waals surface area contributed by atoms with E-state index in [0.29, 0.717) is 10.9 Å². The van der Waals surface area contributed by atoms with Crippen LogP contribution in [0.3, 0.4) is 0 Å². The Morgan fingerprint density at radius 3 is 2.69 bits per heavy atom. The summed E-state index contributed by atoms with van der Waals surface area (Å²) in [5.74, 6) is 0.685. The largest absolute Gasteiger partial charge is 0.274 e. The lowest BCUT2D eigenvalue weighted by atomic mass is 10.0. The van der Waals surface area contributed by atoms with E-state index in [0.717, 1.165) is 45.2 Å². The molecular weight excluding hydrogens is 456 g/mol. The first kappa shape index (κ1) is 21.6. The minimum atomic E-state index is -0.0278. The lowest BCUT2D eigenvalue weighted by Gasteiger charge is -2.23. The highest BCUT2D eigenvalue weighted by Gasteiger charge is 2.23. The van der Waals surface area contributed by atoms with Crippen LogP contribution in [0.4, 0.5) is 10.8 Å². The van der Waals surface area contributed by atoms with Crippen molar-refractivity contribution in [3.63, 3.8) is 0 Å². The van der Waals surface area contributed by atoms with E-state index in [1.54, 1.807) is 29.9 Å². The number of aryl methyl sites for hydroxylation is 5. The molecule has 5 nitrogen and oxygen atoms in total. The summed E-state index contributed by atoms with van der Waals surface area (Å²) in [5, 5.41) is 5.04. The topological polar surface area (TPSA) is 59.0 Å². The van der Waals surface area contributed by atoms with Crippen molar-refractivity contribution >= 4 is 61.4 Å². The van der Waals surface area contributed by atoms with E-state index in [1.165, 1.54) is 39.1 Å². The van der Waals surface area contributed by atoms with Crippen molar-refractivity contribution in [2.24, 2.45) is 0 Å². The third kappa shape index (κ3) is 3.84. The molecule has 164 valence electrons. The Bertz CT molecular complexity index is 1320. The summed E-state index contributed by atoms with van der Waals surface area (Å²) in [4.78, 5) is 30.9. The lowest BCUT2D eigenvalue weighted by Crippen LogP contribution is -2.24. The monoisotopic (exact) mass is 480 g/mol. The molecule has 0 aliphatic heterocycles. The number of carbonyl (C=O) groups is 1. The molecule has 0 bridgehead atoms. The average molecular weight is 481 g/mol. The number of hydrogen-bond donors (Lipinski definition) is 0. The molecule has 1 amide bonds. The second kappa shape index (κ2) is 8.57. The van der Waals surface area contributed by atoms with E-state index in [9.17, 15) is 4.79 Å². The highest BCUT2D eigenvalue weighted by atomic mass is 32.2. The molecule has 1 aliphatic rings. The number of carbonyl (C=O) groups excluding carboxylic acids is 1. The molecule has 3 heterocycles. The van der Waals surface area contributed by atoms with Gasteiger partial charge in [0, 0.05) is 28.3 Å². The molecular formula is C24H24N4OS3. The summed E-state index contributed by atoms with van der Waals surface area (Å²) in [6.07, 6.45) is 5.18. The van der Waals surface area contributed by atoms with Gasteiger partial charge in [0.15, 0.2) is 5.13 Å². The molecule has 4 aromatic rings. The average Bonchev–Trinajstić information content (AvgIpc) is 3.44. The summed E-state index contributed by atoms with van der Waals surface area (Å²) >= 11 is 5.03. The fraction of sp³-hybridized carbons (Fsp3) is 0.333. The van der Waals surface area contributed by atoms with Crippen LogP contribution in [-0.4, -0.2) is 20.9 Å². The molecule has 0 saturated carbocycles. The number of fused-ring (bicyclic) bond motifs is 3. The van der Waals surface area contributed by atoms with Crippen molar-refractivity contribution < 1.29 is 4.79 Å². The van der Waals surface area contributed by atoms with Gasteiger partial charge >= 0.3 is 0 Å². The van der Waals surface area contributed by atoms with Crippen LogP contribution in [0.5, 0.6) is 0 Å². The Kier molecular flexibility index (Phi) is 5.77. The van der Waals surface area contributed by atoms with Crippen LogP contribution in [0.25, 0.3) is 10.2 Å². The molecule has 32 heavy (non-hydrogen) atoms. The van der Waals surface area contributed by atoms with Gasteiger partial charge in [-0.25, -0.2) is 15.0 Å². The smallest absolute Gasteiger partial charge is 0.230 e. The molecule has 0 atom stereocenters. The molecule has 0 saturated heterocycles. The number of anilines is 2. The number of aromatic nitrogens is 3. The van der Waals surface area contributed by atoms with Crippen molar-refractivity contribution in [2.75, 3.05) is 4.90 Å². The van der Waals surface area contributed by atoms with Gasteiger partial charge in [-0.1, -0.05) is 29.5 Å². The zero-order valence-corrected chi connectivity index (χ0v) is 21.0. The SMILES string of the molecule is CC(=O)N(c1nc(CSc2ncnc3sc4c(c23)CCC4)cs1)c1c(C)cc(C)cc1C. The van der Waals surface area contributed by atoms with Gasteiger partial charge in [0.05, 0.1) is 11.4 Å². The number of thioether (sulfide) groups is 1. The van der Waals surface area contributed by atoms with E-state index in [2.05, 4.69) is 42.9 Å². The molecule has 5 rings (SSSR count). The third-order valence-corrected chi connectivity index (χ3v) is 8.83. The number of benzene rings is 1. The van der Waals surface area contributed by atoms with E-state index in [4.69, 9.17) is 4.98 Å². The minimum absolute atomic E-state index is 0.0278. The van der Waals surface area contributed by atoms with Crippen LogP contribution in [0.2, 0.25) is 0 Å². The van der Waals surface area contributed by atoms with E-state index in [-0.39, 0.29) is 5.91 Å². The van der Waals surface area contributed by atoms with Gasteiger partial charge in [-0.15, -0.1) is 22.7 Å². The number of amides is 1. The molecule has 0 N–H and O–H groups in total. The van der Waals surface area contributed by atoms with Gasteiger partial charge in [-0.05, 0) is 56.7 Å². The summed E-state index contributed by atoms with van der Waals surface area (Å²) in [6.45, 7) is 7.78. The van der Waals surface area contributed by atoms with Crippen molar-refractivity contribution in [1.29, 1.82) is 0 Å². The second-order valence-corrected chi connectivity index (χ2v) is 11.1. The summed E-state index contributed by atoms with van der Waals surface area (Å²) in [7, 11) is 0. The van der Waals surface area contributed by atoms with Crippen LogP contribution in [0.15, 0.2) is 28.9 Å². The zero-order valence-electron chi connectivity index (χ0n) is 18.6. The summed E-state index contributed by atoms with van der Waals surface area (Å²) in [6, 6.07) is 4.23. The lowest BCUT2D eigenvalue weighted by molar-refractivity contribution is -0.115. The predicted molar refractivity (Wildman–Crippen MR) is 135 cm³/mol. The van der Waals surface area contributed by atoms with E-state index >= 15 is 0 Å². The third-order valence-electron chi connectivity index (χ3n) is 5.73. The second-order valence-electron chi connectivity index (χ2n) is 8.23. The van der Waals surface area contributed by atoms with Gasteiger partial charge in [-0.2, -0.15) is 0 Å².